The fourth-order valence-electron chi connectivity index (χ4n) is 3.28. The minimum atomic E-state index is -0.0838. The highest BCUT2D eigenvalue weighted by atomic mass is 32.1. The van der Waals surface area contributed by atoms with Crippen molar-refractivity contribution in [2.24, 2.45) is 0 Å². The lowest BCUT2D eigenvalue weighted by Crippen LogP contribution is -2.10. The van der Waals surface area contributed by atoms with Crippen LogP contribution in [0, 0.1) is 13.8 Å². The van der Waals surface area contributed by atoms with E-state index in [4.69, 9.17) is 14.5 Å². The van der Waals surface area contributed by atoms with Crippen molar-refractivity contribution in [2.45, 2.75) is 46.6 Å². The van der Waals surface area contributed by atoms with Crippen LogP contribution < -0.4 is 4.74 Å². The van der Waals surface area contributed by atoms with Crippen molar-refractivity contribution in [1.29, 1.82) is 0 Å². The van der Waals surface area contributed by atoms with Crippen LogP contribution in [-0.2, 0) is 11.3 Å². The lowest BCUT2D eigenvalue weighted by atomic mass is 10.1. The fraction of sp³-hybridized carbons (Fsp3) is 0.280. The molecule has 4 rings (SSSR count). The SMILES string of the molecule is Cc1ccc(-c2nc(COc3ccc([C@@H](C)O[C@H](C)n4cnc(C)c4)cc3)cs2)cc1. The Bertz CT molecular complexity index is 1120. The highest BCUT2D eigenvalue weighted by Gasteiger charge is 2.13. The lowest BCUT2D eigenvalue weighted by Gasteiger charge is -2.20. The molecule has 0 spiro atoms. The third-order valence-corrected chi connectivity index (χ3v) is 6.08. The molecule has 0 aliphatic carbocycles. The molecular weight excluding hydrogens is 406 g/mol. The van der Waals surface area contributed by atoms with Gasteiger partial charge in [0.25, 0.3) is 0 Å². The molecule has 2 aromatic heterocycles. The second-order valence-electron chi connectivity index (χ2n) is 7.71. The van der Waals surface area contributed by atoms with Crippen LogP contribution in [0.4, 0.5) is 0 Å². The molecule has 0 aliphatic rings. The Morgan fingerprint density at radius 2 is 1.74 bits per heavy atom. The summed E-state index contributed by atoms with van der Waals surface area (Å²) in [5, 5.41) is 3.07. The largest absolute Gasteiger partial charge is 0.487 e. The molecule has 0 radical (unpaired) electrons. The summed E-state index contributed by atoms with van der Waals surface area (Å²) in [4.78, 5) is 8.96. The zero-order valence-electron chi connectivity index (χ0n) is 18.3. The summed E-state index contributed by atoms with van der Waals surface area (Å²) >= 11 is 1.64. The molecule has 0 amide bonds. The van der Waals surface area contributed by atoms with E-state index in [1.807, 2.05) is 48.9 Å². The van der Waals surface area contributed by atoms with E-state index in [9.17, 15) is 0 Å². The summed E-state index contributed by atoms with van der Waals surface area (Å²) in [6.07, 6.45) is 3.66. The second-order valence-corrected chi connectivity index (χ2v) is 8.57. The zero-order chi connectivity index (χ0) is 21.8. The van der Waals surface area contributed by atoms with Gasteiger partial charge in [-0.1, -0.05) is 42.0 Å². The zero-order valence-corrected chi connectivity index (χ0v) is 19.1. The van der Waals surface area contributed by atoms with Crippen molar-refractivity contribution in [2.75, 3.05) is 0 Å². The Balaban J connectivity index is 1.32. The molecule has 4 aromatic rings. The van der Waals surface area contributed by atoms with E-state index in [-0.39, 0.29) is 12.3 Å². The molecule has 5 nitrogen and oxygen atoms in total. The van der Waals surface area contributed by atoms with Crippen molar-refractivity contribution in [3.8, 4) is 16.3 Å². The van der Waals surface area contributed by atoms with Crippen LogP contribution in [0.3, 0.4) is 0 Å². The van der Waals surface area contributed by atoms with E-state index < -0.39 is 0 Å². The fourth-order valence-corrected chi connectivity index (χ4v) is 4.09. The van der Waals surface area contributed by atoms with Crippen molar-refractivity contribution in [3.05, 3.63) is 88.9 Å². The Morgan fingerprint density at radius 1 is 1.00 bits per heavy atom. The molecule has 0 fully saturated rings. The third-order valence-electron chi connectivity index (χ3n) is 5.14. The van der Waals surface area contributed by atoms with Crippen molar-refractivity contribution >= 4 is 11.3 Å². The van der Waals surface area contributed by atoms with Gasteiger partial charge in [-0.25, -0.2) is 9.97 Å². The average molecular weight is 434 g/mol. The van der Waals surface area contributed by atoms with Crippen LogP contribution in [0.15, 0.2) is 66.4 Å². The van der Waals surface area contributed by atoms with Crippen LogP contribution >= 0.6 is 11.3 Å². The van der Waals surface area contributed by atoms with Gasteiger partial charge in [-0.2, -0.15) is 0 Å². The smallest absolute Gasteiger partial charge is 0.132 e. The quantitative estimate of drug-likeness (QED) is 0.318. The van der Waals surface area contributed by atoms with Crippen LogP contribution in [0.2, 0.25) is 0 Å². The Labute approximate surface area is 187 Å². The van der Waals surface area contributed by atoms with E-state index in [0.717, 1.165) is 33.3 Å². The van der Waals surface area contributed by atoms with Crippen molar-refractivity contribution in [3.63, 3.8) is 0 Å². The summed E-state index contributed by atoms with van der Waals surface area (Å²) in [5.41, 5.74) is 5.41. The van der Waals surface area contributed by atoms with Crippen LogP contribution in [0.25, 0.3) is 10.6 Å². The third kappa shape index (κ3) is 5.40. The molecule has 0 saturated carbocycles. The number of nitrogens with zero attached hydrogens (tertiary/aromatic N) is 3. The van der Waals surface area contributed by atoms with Crippen LogP contribution in [0.1, 0.15) is 48.7 Å². The van der Waals surface area contributed by atoms with Crippen molar-refractivity contribution in [1.82, 2.24) is 14.5 Å². The van der Waals surface area contributed by atoms with Gasteiger partial charge in [0.1, 0.15) is 23.6 Å². The van der Waals surface area contributed by atoms with Gasteiger partial charge >= 0.3 is 0 Å². The molecule has 0 saturated heterocycles. The van der Waals surface area contributed by atoms with Gasteiger partial charge in [0.2, 0.25) is 0 Å². The van der Waals surface area contributed by atoms with E-state index in [1.54, 1.807) is 17.7 Å². The van der Waals surface area contributed by atoms with Gasteiger partial charge in [0.15, 0.2) is 0 Å². The van der Waals surface area contributed by atoms with Crippen molar-refractivity contribution < 1.29 is 9.47 Å². The van der Waals surface area contributed by atoms with Gasteiger partial charge in [-0.15, -0.1) is 11.3 Å². The average Bonchev–Trinajstić information content (AvgIpc) is 3.42. The molecule has 0 bridgehead atoms. The number of ether oxygens (including phenoxy) is 2. The first-order chi connectivity index (χ1) is 15.0. The molecule has 2 atom stereocenters. The molecule has 2 aromatic carbocycles. The van der Waals surface area contributed by atoms with Gasteiger partial charge in [-0.05, 0) is 45.4 Å². The van der Waals surface area contributed by atoms with E-state index in [2.05, 4.69) is 48.5 Å². The standard InChI is InChI=1S/C25H27N3O2S/c1-17-5-7-22(8-6-17)25-27-23(15-31-25)14-29-24-11-9-21(10-12-24)19(3)30-20(4)28-13-18(2)26-16-28/h5-13,15-16,19-20H,14H2,1-4H3/t19-,20-/m1/s1. The first-order valence-corrected chi connectivity index (χ1v) is 11.3. The number of aryl methyl sites for hydroxylation is 2. The predicted molar refractivity (Wildman–Crippen MR) is 124 cm³/mol. The highest BCUT2D eigenvalue weighted by Crippen LogP contribution is 2.27. The summed E-state index contributed by atoms with van der Waals surface area (Å²) < 4.78 is 14.0. The Kier molecular flexibility index (Phi) is 6.49. The number of hydrogen-bond donors (Lipinski definition) is 0. The molecule has 6 heteroatoms. The first-order valence-electron chi connectivity index (χ1n) is 10.4. The topological polar surface area (TPSA) is 49.2 Å². The van der Waals surface area contributed by atoms with Gasteiger partial charge < -0.3 is 14.0 Å². The van der Waals surface area contributed by atoms with E-state index in [1.165, 1.54) is 5.56 Å². The van der Waals surface area contributed by atoms with E-state index >= 15 is 0 Å². The van der Waals surface area contributed by atoms with Gasteiger partial charge in [-0.3, -0.25) is 0 Å². The van der Waals surface area contributed by atoms with Crippen LogP contribution in [0.5, 0.6) is 5.75 Å². The number of hydrogen-bond acceptors (Lipinski definition) is 5. The molecular formula is C25H27N3O2S. The molecule has 160 valence electrons. The lowest BCUT2D eigenvalue weighted by molar-refractivity contribution is -0.0357. The van der Waals surface area contributed by atoms with Gasteiger partial charge in [0, 0.05) is 17.1 Å². The Morgan fingerprint density at radius 3 is 2.42 bits per heavy atom. The normalized spacial score (nSPS) is 13.2. The number of thiazole rings is 1. The maximum absolute atomic E-state index is 6.13. The second kappa shape index (κ2) is 9.45. The number of rotatable bonds is 8. The molecule has 2 heterocycles. The van der Waals surface area contributed by atoms with Gasteiger partial charge in [0.05, 0.1) is 23.8 Å². The highest BCUT2D eigenvalue weighted by molar-refractivity contribution is 7.13. The number of imidazole rings is 1. The molecule has 0 aliphatic heterocycles. The molecule has 31 heavy (non-hydrogen) atoms. The maximum atomic E-state index is 6.13. The number of benzene rings is 2. The van der Waals surface area contributed by atoms with Crippen LogP contribution in [-0.4, -0.2) is 14.5 Å². The summed E-state index contributed by atoms with van der Waals surface area (Å²) in [6, 6.07) is 16.5. The summed E-state index contributed by atoms with van der Waals surface area (Å²) in [5.74, 6) is 0.819. The number of aromatic nitrogens is 3. The minimum absolute atomic E-state index is 0.0395. The monoisotopic (exact) mass is 433 g/mol. The summed E-state index contributed by atoms with van der Waals surface area (Å²) in [6.45, 7) is 8.58. The maximum Gasteiger partial charge on any atom is 0.132 e. The predicted octanol–water partition coefficient (Wildman–Crippen LogP) is 6.50. The first kappa shape index (κ1) is 21.3. The molecule has 0 unspecified atom stereocenters. The minimum Gasteiger partial charge on any atom is -0.487 e. The summed E-state index contributed by atoms with van der Waals surface area (Å²) in [7, 11) is 0. The van der Waals surface area contributed by atoms with E-state index in [0.29, 0.717) is 6.61 Å². The Hall–Kier alpha value is -2.96. The molecule has 0 N–H and O–H groups in total.